The topological polar surface area (TPSA) is 48.5 Å². The first-order chi connectivity index (χ1) is 14.2. The molecule has 0 saturated heterocycles. The van der Waals surface area contributed by atoms with E-state index in [4.69, 9.17) is 0 Å². The van der Waals surface area contributed by atoms with Crippen molar-refractivity contribution < 1.29 is 4.79 Å². The van der Waals surface area contributed by atoms with Crippen LogP contribution in [0.4, 0.5) is 22.7 Å². The Morgan fingerprint density at radius 1 is 0.793 bits per heavy atom. The first-order valence-electron chi connectivity index (χ1n) is 10.1. The number of carbonyl (C=O) groups excluding carboxylic acids is 1. The van der Waals surface area contributed by atoms with E-state index in [0.717, 1.165) is 30.2 Å². The summed E-state index contributed by atoms with van der Waals surface area (Å²) >= 11 is 0. The number of pyridine rings is 1. The lowest BCUT2D eigenvalue weighted by molar-refractivity contribution is 0.0983. The summed E-state index contributed by atoms with van der Waals surface area (Å²) in [6.45, 7) is 8.83. The third kappa shape index (κ3) is 4.93. The Morgan fingerprint density at radius 3 is 2.00 bits per heavy atom. The Kier molecular flexibility index (Phi) is 6.85. The average Bonchev–Trinajstić information content (AvgIpc) is 2.77. The number of anilines is 4. The molecule has 1 heterocycles. The second-order valence-electron chi connectivity index (χ2n) is 6.66. The fourth-order valence-electron chi connectivity index (χ4n) is 3.29. The summed E-state index contributed by atoms with van der Waals surface area (Å²) in [4.78, 5) is 21.2. The lowest BCUT2D eigenvalue weighted by Crippen LogP contribution is -2.31. The second-order valence-corrected chi connectivity index (χ2v) is 6.66. The highest BCUT2D eigenvalue weighted by molar-refractivity contribution is 6.04. The van der Waals surface area contributed by atoms with Gasteiger partial charge in [-0.05, 0) is 69.3 Å². The zero-order valence-corrected chi connectivity index (χ0v) is 17.3. The number of benzene rings is 2. The van der Waals surface area contributed by atoms with Crippen LogP contribution >= 0.6 is 0 Å². The van der Waals surface area contributed by atoms with Crippen LogP contribution in [0, 0.1) is 0 Å². The molecule has 0 aliphatic heterocycles. The van der Waals surface area contributed by atoms with Crippen LogP contribution in [0.1, 0.15) is 31.3 Å². The van der Waals surface area contributed by atoms with Crippen LogP contribution in [-0.4, -0.2) is 30.5 Å². The van der Waals surface area contributed by atoms with Gasteiger partial charge in [0.1, 0.15) is 5.69 Å². The highest BCUT2D eigenvalue weighted by atomic mass is 16.2. The minimum Gasteiger partial charge on any atom is -0.372 e. The maximum absolute atomic E-state index is 12.8. The molecule has 0 fully saturated rings. The molecule has 0 spiro atoms. The Hall–Kier alpha value is -3.34. The van der Waals surface area contributed by atoms with Crippen molar-refractivity contribution in [1.29, 1.82) is 0 Å². The summed E-state index contributed by atoms with van der Waals surface area (Å²) in [7, 11) is 0. The number of hydrogen-bond donors (Lipinski definition) is 1. The smallest absolute Gasteiger partial charge is 0.276 e. The predicted octanol–water partition coefficient (Wildman–Crippen LogP) is 5.34. The van der Waals surface area contributed by atoms with Crippen molar-refractivity contribution in [2.24, 2.45) is 0 Å². The SMILES string of the molecule is CCN(CC)c1ccc(Nc2ccc(C(=O)N(CC)c3ccccc3)nc2)cc1. The van der Waals surface area contributed by atoms with Crippen LogP contribution in [0.5, 0.6) is 0 Å². The van der Waals surface area contributed by atoms with Crippen molar-refractivity contribution in [3.8, 4) is 0 Å². The van der Waals surface area contributed by atoms with Gasteiger partial charge < -0.3 is 15.1 Å². The predicted molar refractivity (Wildman–Crippen MR) is 121 cm³/mol. The van der Waals surface area contributed by atoms with Crippen LogP contribution in [-0.2, 0) is 0 Å². The third-order valence-electron chi connectivity index (χ3n) is 4.90. The first kappa shape index (κ1) is 20.4. The minimum atomic E-state index is -0.103. The highest BCUT2D eigenvalue weighted by Gasteiger charge is 2.17. The molecule has 0 radical (unpaired) electrons. The van der Waals surface area contributed by atoms with E-state index in [1.54, 1.807) is 17.2 Å². The molecule has 5 heteroatoms. The van der Waals surface area contributed by atoms with Crippen LogP contribution in [0.25, 0.3) is 0 Å². The van der Waals surface area contributed by atoms with Crippen molar-refractivity contribution in [3.63, 3.8) is 0 Å². The van der Waals surface area contributed by atoms with Gasteiger partial charge in [0.2, 0.25) is 0 Å². The molecule has 5 nitrogen and oxygen atoms in total. The van der Waals surface area contributed by atoms with Crippen molar-refractivity contribution in [3.05, 3.63) is 78.6 Å². The molecule has 150 valence electrons. The lowest BCUT2D eigenvalue weighted by atomic mass is 10.2. The molecule has 3 aromatic rings. The second kappa shape index (κ2) is 9.73. The van der Waals surface area contributed by atoms with Gasteiger partial charge in [0, 0.05) is 36.7 Å². The number of carbonyl (C=O) groups is 1. The number of aromatic nitrogens is 1. The Bertz CT molecular complexity index is 904. The molecule has 1 aromatic heterocycles. The number of rotatable bonds is 8. The molecule has 29 heavy (non-hydrogen) atoms. The summed E-state index contributed by atoms with van der Waals surface area (Å²) in [5.74, 6) is -0.103. The zero-order valence-electron chi connectivity index (χ0n) is 17.3. The number of para-hydroxylation sites is 1. The van der Waals surface area contributed by atoms with Crippen LogP contribution in [0.15, 0.2) is 72.9 Å². The Balaban J connectivity index is 1.69. The van der Waals surface area contributed by atoms with Gasteiger partial charge in [-0.3, -0.25) is 4.79 Å². The molecule has 2 aromatic carbocycles. The van der Waals surface area contributed by atoms with E-state index in [0.29, 0.717) is 12.2 Å². The van der Waals surface area contributed by atoms with Gasteiger partial charge in [-0.2, -0.15) is 0 Å². The monoisotopic (exact) mass is 388 g/mol. The maximum Gasteiger partial charge on any atom is 0.276 e. The molecule has 1 N–H and O–H groups in total. The third-order valence-corrected chi connectivity index (χ3v) is 4.90. The molecule has 0 atom stereocenters. The zero-order chi connectivity index (χ0) is 20.6. The van der Waals surface area contributed by atoms with Crippen molar-refractivity contribution in [2.45, 2.75) is 20.8 Å². The van der Waals surface area contributed by atoms with Crippen LogP contribution in [0.2, 0.25) is 0 Å². The van der Waals surface area contributed by atoms with E-state index in [2.05, 4.69) is 53.3 Å². The number of hydrogen-bond acceptors (Lipinski definition) is 4. The van der Waals surface area contributed by atoms with Gasteiger partial charge in [0.05, 0.1) is 11.9 Å². The normalized spacial score (nSPS) is 10.4. The Labute approximate surface area is 173 Å². The lowest BCUT2D eigenvalue weighted by Gasteiger charge is -2.21. The van der Waals surface area contributed by atoms with Crippen LogP contribution < -0.4 is 15.1 Å². The van der Waals surface area contributed by atoms with Gasteiger partial charge in [0.15, 0.2) is 0 Å². The van der Waals surface area contributed by atoms with E-state index >= 15 is 0 Å². The van der Waals surface area contributed by atoms with E-state index in [1.165, 1.54) is 5.69 Å². The average molecular weight is 389 g/mol. The van der Waals surface area contributed by atoms with Crippen LogP contribution in [0.3, 0.4) is 0 Å². The summed E-state index contributed by atoms with van der Waals surface area (Å²) in [6.07, 6.45) is 1.70. The molecule has 0 saturated carbocycles. The fraction of sp³-hybridized carbons (Fsp3) is 0.250. The number of nitrogens with zero attached hydrogens (tertiary/aromatic N) is 3. The highest BCUT2D eigenvalue weighted by Crippen LogP contribution is 2.22. The molecule has 3 rings (SSSR count). The largest absolute Gasteiger partial charge is 0.372 e. The van der Waals surface area contributed by atoms with Gasteiger partial charge in [-0.25, -0.2) is 4.98 Å². The van der Waals surface area contributed by atoms with E-state index < -0.39 is 0 Å². The van der Waals surface area contributed by atoms with Crippen molar-refractivity contribution in [1.82, 2.24) is 4.98 Å². The Morgan fingerprint density at radius 2 is 1.45 bits per heavy atom. The van der Waals surface area contributed by atoms with E-state index in [9.17, 15) is 4.79 Å². The summed E-state index contributed by atoms with van der Waals surface area (Å²) in [5.41, 5.74) is 4.34. The standard InChI is InChI=1S/C24H28N4O/c1-4-27(5-2)21-15-12-19(13-16-21)26-20-14-17-23(25-18-20)24(29)28(6-3)22-10-8-7-9-11-22/h7-18,26H,4-6H2,1-3H3. The molecular weight excluding hydrogens is 360 g/mol. The van der Waals surface area contributed by atoms with Gasteiger partial charge in [-0.15, -0.1) is 0 Å². The van der Waals surface area contributed by atoms with Crippen molar-refractivity contribution >= 4 is 28.7 Å². The number of nitrogens with one attached hydrogen (secondary N) is 1. The summed E-state index contributed by atoms with van der Waals surface area (Å²) in [5, 5.41) is 3.34. The molecule has 1 amide bonds. The molecule has 0 bridgehead atoms. The summed E-state index contributed by atoms with van der Waals surface area (Å²) < 4.78 is 0. The van der Waals surface area contributed by atoms with Gasteiger partial charge in [0.25, 0.3) is 5.91 Å². The molecule has 0 unspecified atom stereocenters. The minimum absolute atomic E-state index is 0.103. The number of amides is 1. The molecular formula is C24H28N4O. The van der Waals surface area contributed by atoms with E-state index in [-0.39, 0.29) is 5.91 Å². The molecule has 0 aliphatic carbocycles. The van der Waals surface area contributed by atoms with Gasteiger partial charge in [-0.1, -0.05) is 18.2 Å². The fourth-order valence-corrected chi connectivity index (χ4v) is 3.29. The maximum atomic E-state index is 12.8. The van der Waals surface area contributed by atoms with Gasteiger partial charge >= 0.3 is 0 Å². The first-order valence-corrected chi connectivity index (χ1v) is 10.1. The molecule has 0 aliphatic rings. The summed E-state index contributed by atoms with van der Waals surface area (Å²) in [6, 6.07) is 21.6. The van der Waals surface area contributed by atoms with Crippen molar-refractivity contribution in [2.75, 3.05) is 34.8 Å². The van der Waals surface area contributed by atoms with E-state index in [1.807, 2.05) is 43.3 Å². The quantitative estimate of drug-likeness (QED) is 0.566.